The van der Waals surface area contributed by atoms with Gasteiger partial charge < -0.3 is 10.6 Å². The predicted molar refractivity (Wildman–Crippen MR) is 71.5 cm³/mol. The second kappa shape index (κ2) is 6.67. The van der Waals surface area contributed by atoms with E-state index in [0.717, 1.165) is 25.7 Å². The Bertz CT molecular complexity index is 393. The first-order valence-corrected chi connectivity index (χ1v) is 7.28. The molecule has 0 spiro atoms. The molecular formula is C13H21N3O4. The Balaban J connectivity index is 1.57. The van der Waals surface area contributed by atoms with Gasteiger partial charge in [-0.1, -0.05) is 19.3 Å². The van der Waals surface area contributed by atoms with Crippen LogP contribution in [-0.2, 0) is 9.59 Å². The van der Waals surface area contributed by atoms with Gasteiger partial charge in [0.15, 0.2) is 0 Å². The Morgan fingerprint density at radius 1 is 1.20 bits per heavy atom. The van der Waals surface area contributed by atoms with Crippen LogP contribution in [0.15, 0.2) is 0 Å². The molecule has 2 rings (SSSR count). The van der Waals surface area contributed by atoms with E-state index in [1.54, 1.807) is 0 Å². The monoisotopic (exact) mass is 283 g/mol. The predicted octanol–water partition coefficient (Wildman–Crippen LogP) is 0.607. The van der Waals surface area contributed by atoms with Gasteiger partial charge in [-0.05, 0) is 12.8 Å². The molecule has 0 bridgehead atoms. The van der Waals surface area contributed by atoms with Crippen LogP contribution in [0, 0.1) is 16.0 Å². The van der Waals surface area contributed by atoms with Crippen LogP contribution in [0.5, 0.6) is 0 Å². The molecule has 0 radical (unpaired) electrons. The van der Waals surface area contributed by atoms with Crippen LogP contribution in [0.25, 0.3) is 0 Å². The lowest BCUT2D eigenvalue weighted by atomic mass is 9.95. The molecule has 2 saturated carbocycles. The standard InChI is InChI=1S/C13H21N3O4/c17-12(15-9-4-2-1-3-5-9)6-7-14-13(18)10-8-11(10)16(19)20/h9-11H,1-8H2,(H,14,18)(H,15,17)/t10-,11+/m0/s1. The first-order chi connectivity index (χ1) is 9.58. The van der Waals surface area contributed by atoms with Gasteiger partial charge in [0.2, 0.25) is 17.9 Å². The van der Waals surface area contributed by atoms with Gasteiger partial charge >= 0.3 is 0 Å². The lowest BCUT2D eigenvalue weighted by Crippen LogP contribution is -2.38. The number of nitrogens with zero attached hydrogens (tertiary/aromatic N) is 1. The molecule has 0 aromatic heterocycles. The van der Waals surface area contributed by atoms with Gasteiger partial charge in [0.25, 0.3) is 0 Å². The first kappa shape index (κ1) is 14.7. The van der Waals surface area contributed by atoms with Crippen molar-refractivity contribution in [1.29, 1.82) is 0 Å². The SMILES string of the molecule is O=C(CCNC(=O)[C@H]1C[C@H]1[N+](=O)[O-])NC1CCCCC1. The van der Waals surface area contributed by atoms with E-state index in [1.807, 2.05) is 0 Å². The van der Waals surface area contributed by atoms with Crippen LogP contribution in [0.2, 0.25) is 0 Å². The molecule has 0 aromatic rings. The highest BCUT2D eigenvalue weighted by Gasteiger charge is 2.53. The second-order valence-corrected chi connectivity index (χ2v) is 5.64. The molecule has 0 saturated heterocycles. The molecule has 2 aliphatic carbocycles. The highest BCUT2D eigenvalue weighted by molar-refractivity contribution is 5.83. The number of hydrogen-bond acceptors (Lipinski definition) is 4. The summed E-state index contributed by atoms with van der Waals surface area (Å²) in [6.07, 6.45) is 6.17. The first-order valence-electron chi connectivity index (χ1n) is 7.28. The van der Waals surface area contributed by atoms with E-state index < -0.39 is 16.9 Å². The third-order valence-corrected chi connectivity index (χ3v) is 3.99. The molecule has 7 nitrogen and oxygen atoms in total. The van der Waals surface area contributed by atoms with Crippen LogP contribution >= 0.6 is 0 Å². The largest absolute Gasteiger partial charge is 0.355 e. The van der Waals surface area contributed by atoms with Gasteiger partial charge in [0, 0.05) is 30.4 Å². The number of rotatable bonds is 6. The zero-order valence-corrected chi connectivity index (χ0v) is 11.5. The quantitative estimate of drug-likeness (QED) is 0.550. The summed E-state index contributed by atoms with van der Waals surface area (Å²) < 4.78 is 0. The smallest absolute Gasteiger partial charge is 0.230 e. The van der Waals surface area contributed by atoms with E-state index in [-0.39, 0.29) is 30.8 Å². The maximum absolute atomic E-state index is 11.7. The Kier molecular flexibility index (Phi) is 4.92. The number of carbonyl (C=O) groups excluding carboxylic acids is 2. The molecule has 0 aromatic carbocycles. The number of hydrogen-bond donors (Lipinski definition) is 2. The minimum absolute atomic E-state index is 0.0566. The number of nitrogens with one attached hydrogen (secondary N) is 2. The number of amides is 2. The summed E-state index contributed by atoms with van der Waals surface area (Å²) in [7, 11) is 0. The van der Waals surface area contributed by atoms with Crippen molar-refractivity contribution in [3.8, 4) is 0 Å². The zero-order chi connectivity index (χ0) is 14.5. The van der Waals surface area contributed by atoms with Gasteiger partial charge in [-0.2, -0.15) is 0 Å². The van der Waals surface area contributed by atoms with Crippen molar-refractivity contribution in [2.24, 2.45) is 5.92 Å². The summed E-state index contributed by atoms with van der Waals surface area (Å²) in [5, 5.41) is 16.0. The normalized spacial score (nSPS) is 25.8. The molecule has 2 amide bonds. The highest BCUT2D eigenvalue weighted by Crippen LogP contribution is 2.32. The zero-order valence-electron chi connectivity index (χ0n) is 11.5. The molecule has 2 fully saturated rings. The fraction of sp³-hybridized carbons (Fsp3) is 0.846. The summed E-state index contributed by atoms with van der Waals surface area (Å²) in [5.74, 6) is -0.873. The van der Waals surface area contributed by atoms with E-state index in [2.05, 4.69) is 10.6 Å². The third kappa shape index (κ3) is 4.18. The van der Waals surface area contributed by atoms with Crippen molar-refractivity contribution in [2.75, 3.05) is 6.54 Å². The van der Waals surface area contributed by atoms with Crippen LogP contribution in [-0.4, -0.2) is 35.4 Å². The van der Waals surface area contributed by atoms with Gasteiger partial charge in [-0.3, -0.25) is 19.7 Å². The van der Waals surface area contributed by atoms with Gasteiger partial charge in [-0.25, -0.2) is 0 Å². The molecule has 2 aliphatic rings. The van der Waals surface area contributed by atoms with Crippen molar-refractivity contribution >= 4 is 11.8 Å². The Morgan fingerprint density at radius 3 is 2.50 bits per heavy atom. The van der Waals surface area contributed by atoms with Crippen molar-refractivity contribution in [3.63, 3.8) is 0 Å². The highest BCUT2D eigenvalue weighted by atomic mass is 16.6. The molecule has 7 heteroatoms. The fourth-order valence-corrected chi connectivity index (χ4v) is 2.67. The summed E-state index contributed by atoms with van der Waals surface area (Å²) in [5.41, 5.74) is 0. The molecule has 0 aliphatic heterocycles. The topological polar surface area (TPSA) is 101 Å². The van der Waals surface area contributed by atoms with Gasteiger partial charge in [-0.15, -0.1) is 0 Å². The molecular weight excluding hydrogens is 262 g/mol. The molecule has 0 heterocycles. The summed E-state index contributed by atoms with van der Waals surface area (Å²) in [6.45, 7) is 0.248. The van der Waals surface area contributed by atoms with Crippen LogP contribution in [0.1, 0.15) is 44.9 Å². The summed E-state index contributed by atoms with van der Waals surface area (Å²) in [4.78, 5) is 33.2. The lowest BCUT2D eigenvalue weighted by molar-refractivity contribution is -0.497. The van der Waals surface area contributed by atoms with Crippen molar-refractivity contribution in [2.45, 2.75) is 57.0 Å². The summed E-state index contributed by atoms with van der Waals surface area (Å²) in [6, 6.07) is -0.458. The van der Waals surface area contributed by atoms with Crippen LogP contribution < -0.4 is 10.6 Å². The van der Waals surface area contributed by atoms with Crippen molar-refractivity contribution in [1.82, 2.24) is 10.6 Å². The molecule has 2 atom stereocenters. The minimum Gasteiger partial charge on any atom is -0.355 e. The average molecular weight is 283 g/mol. The van der Waals surface area contributed by atoms with E-state index >= 15 is 0 Å². The Labute approximate surface area is 117 Å². The van der Waals surface area contributed by atoms with Gasteiger partial charge in [0.1, 0.15) is 5.92 Å². The fourth-order valence-electron chi connectivity index (χ4n) is 2.67. The van der Waals surface area contributed by atoms with E-state index in [1.165, 1.54) is 6.42 Å². The Hall–Kier alpha value is -1.66. The molecule has 0 unspecified atom stereocenters. The van der Waals surface area contributed by atoms with Crippen LogP contribution in [0.3, 0.4) is 0 Å². The Morgan fingerprint density at radius 2 is 1.90 bits per heavy atom. The second-order valence-electron chi connectivity index (χ2n) is 5.64. The molecule has 20 heavy (non-hydrogen) atoms. The molecule has 112 valence electrons. The van der Waals surface area contributed by atoms with Crippen molar-refractivity contribution in [3.05, 3.63) is 10.1 Å². The van der Waals surface area contributed by atoms with Crippen molar-refractivity contribution < 1.29 is 14.5 Å². The van der Waals surface area contributed by atoms with E-state index in [9.17, 15) is 19.7 Å². The number of carbonyl (C=O) groups is 2. The average Bonchev–Trinajstić information content (AvgIpc) is 3.20. The molecule has 2 N–H and O–H groups in total. The lowest BCUT2D eigenvalue weighted by Gasteiger charge is -2.22. The summed E-state index contributed by atoms with van der Waals surface area (Å²) >= 11 is 0. The van der Waals surface area contributed by atoms with E-state index in [0.29, 0.717) is 6.42 Å². The maximum atomic E-state index is 11.7. The third-order valence-electron chi connectivity index (χ3n) is 3.99. The van der Waals surface area contributed by atoms with Crippen LogP contribution in [0.4, 0.5) is 0 Å². The number of nitro groups is 1. The van der Waals surface area contributed by atoms with Gasteiger partial charge in [0.05, 0.1) is 0 Å². The minimum atomic E-state index is -0.730. The van der Waals surface area contributed by atoms with E-state index in [4.69, 9.17) is 0 Å². The maximum Gasteiger partial charge on any atom is 0.230 e.